The van der Waals surface area contributed by atoms with E-state index in [1.807, 2.05) is 35.2 Å². The van der Waals surface area contributed by atoms with Crippen LogP contribution in [0.2, 0.25) is 0 Å². The second-order valence-electron chi connectivity index (χ2n) is 7.47. The van der Waals surface area contributed by atoms with Gasteiger partial charge < -0.3 is 19.5 Å². The molecule has 156 valence electrons. The van der Waals surface area contributed by atoms with E-state index >= 15 is 0 Å². The second-order valence-corrected chi connectivity index (χ2v) is 7.47. The summed E-state index contributed by atoms with van der Waals surface area (Å²) < 4.78 is 7.43. The number of esters is 1. The van der Waals surface area contributed by atoms with Crippen LogP contribution in [0.1, 0.15) is 62.1 Å². The molecule has 1 aliphatic rings. The maximum Gasteiger partial charge on any atom is 0.318 e. The number of fused-ring (bicyclic) bond motifs is 1. The number of hydrogen-bond donors (Lipinski definition) is 1. The van der Waals surface area contributed by atoms with Gasteiger partial charge in [0.2, 0.25) is 0 Å². The zero-order valence-electron chi connectivity index (χ0n) is 17.6. The third-order valence-electron chi connectivity index (χ3n) is 5.51. The minimum Gasteiger partial charge on any atom is -0.466 e. The number of amides is 2. The topological polar surface area (TPSA) is 63.6 Å². The Morgan fingerprint density at radius 2 is 1.90 bits per heavy atom. The Labute approximate surface area is 172 Å². The van der Waals surface area contributed by atoms with Crippen molar-refractivity contribution in [2.45, 2.75) is 58.7 Å². The van der Waals surface area contributed by atoms with Crippen LogP contribution in [-0.4, -0.2) is 34.6 Å². The lowest BCUT2D eigenvalue weighted by Crippen LogP contribution is -2.48. The van der Waals surface area contributed by atoms with Crippen LogP contribution in [0, 0.1) is 6.92 Å². The van der Waals surface area contributed by atoms with Gasteiger partial charge in [0.25, 0.3) is 0 Å². The zero-order chi connectivity index (χ0) is 20.8. The molecule has 2 aromatic rings. The molecule has 0 saturated carbocycles. The minimum atomic E-state index is -0.416. The van der Waals surface area contributed by atoms with Gasteiger partial charge in [0.1, 0.15) is 0 Å². The van der Waals surface area contributed by atoms with Crippen molar-refractivity contribution in [3.63, 3.8) is 0 Å². The summed E-state index contributed by atoms with van der Waals surface area (Å²) in [5, 5.41) is 3.10. The lowest BCUT2D eigenvalue weighted by atomic mass is 10.0. The number of benzene rings is 1. The first-order valence-electron chi connectivity index (χ1n) is 10.5. The SMILES string of the molecule is CCC[C@@H]1c2ccc(C)n2CCN1C(=O)N[C@@H](CC(=O)OCC)c1ccccc1. The van der Waals surface area contributed by atoms with E-state index in [4.69, 9.17) is 4.74 Å². The number of carbonyl (C=O) groups is 2. The van der Waals surface area contributed by atoms with Crippen molar-refractivity contribution in [2.24, 2.45) is 0 Å². The molecule has 29 heavy (non-hydrogen) atoms. The highest BCUT2D eigenvalue weighted by Gasteiger charge is 2.32. The Bertz CT molecular complexity index is 831. The average molecular weight is 398 g/mol. The molecule has 1 N–H and O–H groups in total. The van der Waals surface area contributed by atoms with Crippen LogP contribution in [0.3, 0.4) is 0 Å². The fourth-order valence-electron chi connectivity index (χ4n) is 4.09. The molecule has 1 aromatic carbocycles. The lowest BCUT2D eigenvalue weighted by molar-refractivity contribution is -0.143. The van der Waals surface area contributed by atoms with Gasteiger partial charge in [-0.15, -0.1) is 0 Å². The molecular formula is C23H31N3O3. The summed E-state index contributed by atoms with van der Waals surface area (Å²) in [7, 11) is 0. The summed E-state index contributed by atoms with van der Waals surface area (Å²) in [6.07, 6.45) is 2.01. The molecule has 1 aliphatic heterocycles. The van der Waals surface area contributed by atoms with E-state index in [0.717, 1.165) is 24.9 Å². The first kappa shape index (κ1) is 21.0. The maximum absolute atomic E-state index is 13.3. The van der Waals surface area contributed by atoms with Crippen molar-refractivity contribution >= 4 is 12.0 Å². The number of carbonyl (C=O) groups excluding carboxylic acids is 2. The van der Waals surface area contributed by atoms with E-state index in [9.17, 15) is 9.59 Å². The monoisotopic (exact) mass is 397 g/mol. The summed E-state index contributed by atoms with van der Waals surface area (Å²) in [6, 6.07) is 13.3. The van der Waals surface area contributed by atoms with E-state index in [1.165, 1.54) is 11.4 Å². The molecule has 0 fully saturated rings. The predicted molar refractivity (Wildman–Crippen MR) is 112 cm³/mol. The van der Waals surface area contributed by atoms with E-state index < -0.39 is 6.04 Å². The first-order valence-corrected chi connectivity index (χ1v) is 10.5. The van der Waals surface area contributed by atoms with Gasteiger partial charge >= 0.3 is 12.0 Å². The Hall–Kier alpha value is -2.76. The Morgan fingerprint density at radius 1 is 1.14 bits per heavy atom. The van der Waals surface area contributed by atoms with Crippen molar-refractivity contribution in [3.8, 4) is 0 Å². The molecule has 0 unspecified atom stereocenters. The largest absolute Gasteiger partial charge is 0.466 e. The van der Waals surface area contributed by atoms with Gasteiger partial charge in [-0.1, -0.05) is 43.7 Å². The van der Waals surface area contributed by atoms with Crippen molar-refractivity contribution in [1.29, 1.82) is 0 Å². The quantitative estimate of drug-likeness (QED) is 0.706. The van der Waals surface area contributed by atoms with E-state index in [2.05, 4.69) is 35.9 Å². The van der Waals surface area contributed by atoms with E-state index in [0.29, 0.717) is 13.2 Å². The normalized spacial score (nSPS) is 16.8. The second kappa shape index (κ2) is 9.63. The van der Waals surface area contributed by atoms with Crippen LogP contribution in [0.5, 0.6) is 0 Å². The molecule has 0 spiro atoms. The highest BCUT2D eigenvalue weighted by atomic mass is 16.5. The van der Waals surface area contributed by atoms with Crippen molar-refractivity contribution in [2.75, 3.05) is 13.2 Å². The van der Waals surface area contributed by atoms with Gasteiger partial charge in [0, 0.05) is 24.5 Å². The van der Waals surface area contributed by atoms with Crippen molar-refractivity contribution in [3.05, 3.63) is 59.4 Å². The van der Waals surface area contributed by atoms with Crippen molar-refractivity contribution in [1.82, 2.24) is 14.8 Å². The molecule has 0 radical (unpaired) electrons. The highest BCUT2D eigenvalue weighted by Crippen LogP contribution is 2.32. The van der Waals surface area contributed by atoms with Crippen LogP contribution >= 0.6 is 0 Å². The van der Waals surface area contributed by atoms with Gasteiger partial charge in [0.05, 0.1) is 25.1 Å². The van der Waals surface area contributed by atoms with Crippen LogP contribution in [0.4, 0.5) is 4.79 Å². The molecule has 1 aromatic heterocycles. The fraction of sp³-hybridized carbons (Fsp3) is 0.478. The number of nitrogens with one attached hydrogen (secondary N) is 1. The molecule has 2 heterocycles. The smallest absolute Gasteiger partial charge is 0.318 e. The Kier molecular flexibility index (Phi) is 6.96. The molecule has 0 bridgehead atoms. The van der Waals surface area contributed by atoms with Gasteiger partial charge in [-0.2, -0.15) is 0 Å². The summed E-state index contributed by atoms with van der Waals surface area (Å²) >= 11 is 0. The standard InChI is InChI=1S/C23H31N3O3/c1-4-9-20-21-13-12-17(3)25(21)14-15-26(20)23(28)24-19(16-22(27)29-5-2)18-10-7-6-8-11-18/h6-8,10-13,19-20H,4-5,9,14-16H2,1-3H3,(H,24,28)/t19-,20+/m0/s1. The molecule has 0 saturated heterocycles. The Balaban J connectivity index is 1.80. The number of nitrogens with zero attached hydrogens (tertiary/aromatic N) is 2. The summed E-state index contributed by atoms with van der Waals surface area (Å²) in [5.41, 5.74) is 3.32. The zero-order valence-corrected chi connectivity index (χ0v) is 17.6. The van der Waals surface area contributed by atoms with Gasteiger partial charge in [-0.05, 0) is 38.0 Å². The third-order valence-corrected chi connectivity index (χ3v) is 5.51. The molecule has 3 rings (SSSR count). The van der Waals surface area contributed by atoms with Crippen LogP contribution in [-0.2, 0) is 16.1 Å². The number of urea groups is 1. The van der Waals surface area contributed by atoms with Crippen LogP contribution < -0.4 is 5.32 Å². The summed E-state index contributed by atoms with van der Waals surface area (Å²) in [5.74, 6) is -0.310. The summed E-state index contributed by atoms with van der Waals surface area (Å²) in [4.78, 5) is 27.3. The van der Waals surface area contributed by atoms with Crippen LogP contribution in [0.25, 0.3) is 0 Å². The fourth-order valence-corrected chi connectivity index (χ4v) is 4.09. The molecule has 6 heteroatoms. The van der Waals surface area contributed by atoms with Crippen molar-refractivity contribution < 1.29 is 14.3 Å². The third kappa shape index (κ3) is 4.81. The molecule has 6 nitrogen and oxygen atoms in total. The number of ether oxygens (including phenoxy) is 1. The number of aromatic nitrogens is 1. The number of aryl methyl sites for hydroxylation is 1. The molecule has 2 amide bonds. The minimum absolute atomic E-state index is 0.0430. The number of rotatable bonds is 7. The lowest BCUT2D eigenvalue weighted by Gasteiger charge is -2.38. The van der Waals surface area contributed by atoms with E-state index in [-0.39, 0.29) is 24.5 Å². The van der Waals surface area contributed by atoms with Gasteiger partial charge in [0.15, 0.2) is 0 Å². The van der Waals surface area contributed by atoms with Gasteiger partial charge in [-0.25, -0.2) is 4.79 Å². The Morgan fingerprint density at radius 3 is 2.59 bits per heavy atom. The molecular weight excluding hydrogens is 366 g/mol. The van der Waals surface area contributed by atoms with Crippen LogP contribution in [0.15, 0.2) is 42.5 Å². The van der Waals surface area contributed by atoms with Gasteiger partial charge in [-0.3, -0.25) is 4.79 Å². The molecule has 2 atom stereocenters. The maximum atomic E-state index is 13.3. The molecule has 0 aliphatic carbocycles. The number of hydrogen-bond acceptors (Lipinski definition) is 3. The first-order chi connectivity index (χ1) is 14.0. The van der Waals surface area contributed by atoms with E-state index in [1.54, 1.807) is 6.92 Å². The average Bonchev–Trinajstić information content (AvgIpc) is 3.10. The highest BCUT2D eigenvalue weighted by molar-refractivity contribution is 5.77. The summed E-state index contributed by atoms with van der Waals surface area (Å²) in [6.45, 7) is 7.80. The predicted octanol–water partition coefficient (Wildman–Crippen LogP) is 4.36.